The summed E-state index contributed by atoms with van der Waals surface area (Å²) in [6.07, 6.45) is -11.1. The van der Waals surface area contributed by atoms with E-state index in [9.17, 15) is 31.1 Å². The van der Waals surface area contributed by atoms with Crippen LogP contribution >= 0.6 is 0 Å². The molecule has 82 valence electrons. The fourth-order valence-corrected chi connectivity index (χ4v) is 0.754. The molecule has 0 aliphatic heterocycles. The molecular weight excluding hydrogens is 214 g/mol. The summed E-state index contributed by atoms with van der Waals surface area (Å²) in [7, 11) is 0. The van der Waals surface area contributed by atoms with Gasteiger partial charge in [0.25, 0.3) is 0 Å². The van der Waals surface area contributed by atoms with Crippen LogP contribution < -0.4 is 0 Å². The normalized spacial score (nSPS) is 15.0. The predicted molar refractivity (Wildman–Crippen MR) is 35.4 cm³/mol. The number of ketones is 1. The lowest BCUT2D eigenvalue weighted by atomic mass is 9.99. The van der Waals surface area contributed by atoms with Crippen molar-refractivity contribution in [3.63, 3.8) is 0 Å². The van der Waals surface area contributed by atoms with E-state index >= 15 is 0 Å². The van der Waals surface area contributed by atoms with E-state index in [0.717, 1.165) is 0 Å². The third-order valence-electron chi connectivity index (χ3n) is 1.39. The molecule has 0 amide bonds. The SMILES string of the molecule is C=CCC(C(=O)C(F)(F)F)C(F)(F)F. The summed E-state index contributed by atoms with van der Waals surface area (Å²) < 4.78 is 70.8. The molecule has 0 aliphatic rings. The van der Waals surface area contributed by atoms with Gasteiger partial charge in [0.05, 0.1) is 0 Å². The van der Waals surface area contributed by atoms with Crippen molar-refractivity contribution in [3.8, 4) is 0 Å². The number of allylic oxidation sites excluding steroid dienone is 1. The lowest BCUT2D eigenvalue weighted by Crippen LogP contribution is -2.39. The summed E-state index contributed by atoms with van der Waals surface area (Å²) in [5.41, 5.74) is 0. The van der Waals surface area contributed by atoms with Crippen molar-refractivity contribution < 1.29 is 31.1 Å². The predicted octanol–water partition coefficient (Wildman–Crippen LogP) is 2.87. The average Bonchev–Trinajstić information content (AvgIpc) is 1.94. The first kappa shape index (κ1) is 13.0. The summed E-state index contributed by atoms with van der Waals surface area (Å²) in [4.78, 5) is 10.3. The maximum atomic E-state index is 11.9. The Morgan fingerprint density at radius 2 is 1.64 bits per heavy atom. The minimum Gasteiger partial charge on any atom is -0.289 e. The van der Waals surface area contributed by atoms with E-state index in [1.54, 1.807) is 0 Å². The Balaban J connectivity index is 4.85. The van der Waals surface area contributed by atoms with Crippen LogP contribution in [0.1, 0.15) is 6.42 Å². The lowest BCUT2D eigenvalue weighted by Gasteiger charge is -2.18. The molecule has 7 heteroatoms. The summed E-state index contributed by atoms with van der Waals surface area (Å²) in [6, 6.07) is 0. The van der Waals surface area contributed by atoms with Crippen molar-refractivity contribution in [1.29, 1.82) is 0 Å². The van der Waals surface area contributed by atoms with Crippen molar-refractivity contribution in [2.75, 3.05) is 0 Å². The fourth-order valence-electron chi connectivity index (χ4n) is 0.754. The number of Topliss-reactive ketones (excluding diaryl/α,β-unsaturated/α-hetero) is 1. The number of alkyl halides is 6. The van der Waals surface area contributed by atoms with Gasteiger partial charge in [-0.05, 0) is 6.42 Å². The molecule has 0 heterocycles. The number of carbonyl (C=O) groups is 1. The smallest absolute Gasteiger partial charge is 0.289 e. The topological polar surface area (TPSA) is 17.1 Å². The Morgan fingerprint density at radius 3 is 1.86 bits per heavy atom. The number of rotatable bonds is 3. The van der Waals surface area contributed by atoms with Crippen molar-refractivity contribution in [2.45, 2.75) is 18.8 Å². The van der Waals surface area contributed by atoms with Crippen LogP contribution in [0.5, 0.6) is 0 Å². The van der Waals surface area contributed by atoms with Gasteiger partial charge in [0.15, 0.2) is 0 Å². The van der Waals surface area contributed by atoms with Gasteiger partial charge in [-0.2, -0.15) is 26.3 Å². The number of carbonyl (C=O) groups excluding carboxylic acids is 1. The maximum absolute atomic E-state index is 11.9. The van der Waals surface area contributed by atoms with E-state index in [2.05, 4.69) is 6.58 Å². The van der Waals surface area contributed by atoms with Gasteiger partial charge in [0.2, 0.25) is 5.78 Å². The summed E-state index contributed by atoms with van der Waals surface area (Å²) in [5, 5.41) is 0. The Hall–Kier alpha value is -1.01. The maximum Gasteiger partial charge on any atom is 0.450 e. The first-order valence-corrected chi connectivity index (χ1v) is 3.39. The zero-order chi connectivity index (χ0) is 11.6. The van der Waals surface area contributed by atoms with Gasteiger partial charge >= 0.3 is 12.4 Å². The molecule has 0 saturated heterocycles. The molecule has 1 nitrogen and oxygen atoms in total. The highest BCUT2D eigenvalue weighted by atomic mass is 19.4. The van der Waals surface area contributed by atoms with Crippen molar-refractivity contribution in [3.05, 3.63) is 12.7 Å². The molecule has 0 rings (SSSR count). The van der Waals surface area contributed by atoms with E-state index in [1.807, 2.05) is 0 Å². The fraction of sp³-hybridized carbons (Fsp3) is 0.571. The van der Waals surface area contributed by atoms with Gasteiger partial charge in [-0.3, -0.25) is 4.79 Å². The van der Waals surface area contributed by atoms with Crippen LogP contribution in [-0.4, -0.2) is 18.1 Å². The minimum atomic E-state index is -5.47. The highest BCUT2D eigenvalue weighted by Gasteiger charge is 2.53. The van der Waals surface area contributed by atoms with Crippen LogP contribution in [0.2, 0.25) is 0 Å². The second-order valence-corrected chi connectivity index (χ2v) is 2.48. The zero-order valence-corrected chi connectivity index (χ0v) is 6.74. The molecule has 0 aromatic carbocycles. The first-order valence-electron chi connectivity index (χ1n) is 3.39. The minimum absolute atomic E-state index is 0.627. The molecule has 0 aromatic rings. The molecule has 0 aliphatic carbocycles. The van der Waals surface area contributed by atoms with Gasteiger partial charge in [-0.1, -0.05) is 6.08 Å². The Kier molecular flexibility index (Phi) is 3.73. The van der Waals surface area contributed by atoms with Gasteiger partial charge in [-0.15, -0.1) is 6.58 Å². The van der Waals surface area contributed by atoms with Crippen LogP contribution in [0.4, 0.5) is 26.3 Å². The summed E-state index contributed by atoms with van der Waals surface area (Å²) in [5.74, 6) is -5.83. The molecule has 0 fully saturated rings. The average molecular weight is 220 g/mol. The first-order chi connectivity index (χ1) is 6.10. The standard InChI is InChI=1S/C7H6F6O/c1-2-3-4(6(8,9)10)5(14)7(11,12)13/h2,4H,1,3H2. The second kappa shape index (κ2) is 4.02. The van der Waals surface area contributed by atoms with Crippen LogP contribution in [0, 0.1) is 5.92 Å². The highest BCUT2D eigenvalue weighted by Crippen LogP contribution is 2.35. The number of hydrogen-bond donors (Lipinski definition) is 0. The van der Waals surface area contributed by atoms with Crippen LogP contribution in [0.25, 0.3) is 0 Å². The monoisotopic (exact) mass is 220 g/mol. The lowest BCUT2D eigenvalue weighted by molar-refractivity contribution is -0.210. The Labute approximate surface area is 75.4 Å². The van der Waals surface area contributed by atoms with Gasteiger partial charge < -0.3 is 0 Å². The molecule has 0 radical (unpaired) electrons. The molecule has 1 unspecified atom stereocenters. The van der Waals surface area contributed by atoms with Crippen LogP contribution in [0.3, 0.4) is 0 Å². The second-order valence-electron chi connectivity index (χ2n) is 2.48. The van der Waals surface area contributed by atoms with E-state index in [4.69, 9.17) is 0 Å². The molecule has 0 saturated carbocycles. The molecule has 14 heavy (non-hydrogen) atoms. The van der Waals surface area contributed by atoms with Crippen molar-refractivity contribution in [2.24, 2.45) is 5.92 Å². The Bertz CT molecular complexity index is 225. The largest absolute Gasteiger partial charge is 0.450 e. The Morgan fingerprint density at radius 1 is 1.21 bits per heavy atom. The van der Waals surface area contributed by atoms with Crippen molar-refractivity contribution in [1.82, 2.24) is 0 Å². The van der Waals surface area contributed by atoms with Crippen LogP contribution in [0.15, 0.2) is 12.7 Å². The number of hydrogen-bond acceptors (Lipinski definition) is 1. The summed E-state index contributed by atoms with van der Waals surface area (Å²) >= 11 is 0. The molecule has 1 atom stereocenters. The third kappa shape index (κ3) is 3.39. The summed E-state index contributed by atoms with van der Waals surface area (Å²) in [6.45, 7) is 2.86. The van der Waals surface area contributed by atoms with Crippen LogP contribution in [-0.2, 0) is 4.79 Å². The third-order valence-corrected chi connectivity index (χ3v) is 1.39. The van der Waals surface area contributed by atoms with E-state index in [1.165, 1.54) is 0 Å². The quantitative estimate of drug-likeness (QED) is 0.528. The number of halogens is 6. The van der Waals surface area contributed by atoms with Gasteiger partial charge in [0, 0.05) is 0 Å². The van der Waals surface area contributed by atoms with E-state index in [0.29, 0.717) is 6.08 Å². The molecule has 0 aromatic heterocycles. The van der Waals surface area contributed by atoms with Gasteiger partial charge in [0.1, 0.15) is 5.92 Å². The zero-order valence-electron chi connectivity index (χ0n) is 6.74. The highest BCUT2D eigenvalue weighted by molar-refractivity contribution is 5.87. The van der Waals surface area contributed by atoms with Gasteiger partial charge in [-0.25, -0.2) is 0 Å². The molecule has 0 bridgehead atoms. The molecule has 0 spiro atoms. The van der Waals surface area contributed by atoms with Crippen molar-refractivity contribution >= 4 is 5.78 Å². The molecular formula is C7H6F6O. The molecule has 0 N–H and O–H groups in total. The van der Waals surface area contributed by atoms with E-state index in [-0.39, 0.29) is 0 Å². The van der Waals surface area contributed by atoms with E-state index < -0.39 is 30.5 Å².